The minimum Gasteiger partial charge on any atom is -0.388 e. The van der Waals surface area contributed by atoms with Crippen molar-refractivity contribution in [3.63, 3.8) is 0 Å². The Bertz CT molecular complexity index is 714. The topological polar surface area (TPSA) is 78.6 Å². The number of carbonyl (C=O) groups excluding carboxylic acids is 1. The lowest BCUT2D eigenvalue weighted by Gasteiger charge is -2.27. The first-order valence-electron chi connectivity index (χ1n) is 8.86. The zero-order valence-electron chi connectivity index (χ0n) is 14.7. The van der Waals surface area contributed by atoms with Gasteiger partial charge in [-0.3, -0.25) is 0 Å². The maximum Gasteiger partial charge on any atom is 0.322 e. The molecule has 2 N–H and O–H groups in total. The monoisotopic (exact) mass is 343 g/mol. The summed E-state index contributed by atoms with van der Waals surface area (Å²) in [6, 6.07) is 9.47. The number of nitrogens with zero attached hydrogens (tertiary/aromatic N) is 2. The molecule has 6 heteroatoms. The third-order valence-electron chi connectivity index (χ3n) is 4.82. The molecule has 2 unspecified atom stereocenters. The van der Waals surface area contributed by atoms with E-state index in [0.717, 1.165) is 24.1 Å². The minimum absolute atomic E-state index is 0.0282. The molecular weight excluding hydrogens is 318 g/mol. The van der Waals surface area contributed by atoms with Crippen LogP contribution in [0.5, 0.6) is 0 Å². The van der Waals surface area contributed by atoms with Crippen LogP contribution < -0.4 is 5.32 Å². The molecule has 1 fully saturated rings. The number of carbonyl (C=O) groups is 1. The molecular formula is C19H25N3O3. The lowest BCUT2D eigenvalue weighted by Crippen LogP contribution is -2.39. The van der Waals surface area contributed by atoms with Crippen molar-refractivity contribution in [3.05, 3.63) is 47.3 Å². The number of aryl methyl sites for hydroxylation is 2. The van der Waals surface area contributed by atoms with Gasteiger partial charge < -0.3 is 19.8 Å². The van der Waals surface area contributed by atoms with Gasteiger partial charge in [0.2, 0.25) is 0 Å². The number of urea groups is 1. The fourth-order valence-corrected chi connectivity index (χ4v) is 3.42. The number of aromatic nitrogens is 1. The number of aliphatic hydroxyl groups excluding tert-OH is 1. The molecule has 2 aromatic rings. The van der Waals surface area contributed by atoms with Crippen LogP contribution in [0.3, 0.4) is 0 Å². The second-order valence-electron chi connectivity index (χ2n) is 6.50. The molecule has 2 atom stereocenters. The summed E-state index contributed by atoms with van der Waals surface area (Å²) in [7, 11) is 0. The molecule has 0 spiro atoms. The first kappa shape index (κ1) is 17.5. The Morgan fingerprint density at radius 2 is 2.20 bits per heavy atom. The fourth-order valence-electron chi connectivity index (χ4n) is 3.42. The highest BCUT2D eigenvalue weighted by Crippen LogP contribution is 2.29. The molecule has 0 saturated carbocycles. The Labute approximate surface area is 147 Å². The summed E-state index contributed by atoms with van der Waals surface area (Å²) < 4.78 is 5.18. The molecule has 1 saturated heterocycles. The van der Waals surface area contributed by atoms with Gasteiger partial charge in [-0.1, -0.05) is 42.4 Å². The first-order chi connectivity index (χ1) is 12.1. The van der Waals surface area contributed by atoms with Crippen LogP contribution in [0.4, 0.5) is 10.5 Å². The van der Waals surface area contributed by atoms with Crippen molar-refractivity contribution < 1.29 is 14.4 Å². The van der Waals surface area contributed by atoms with Crippen LogP contribution in [0.1, 0.15) is 49.3 Å². The first-order valence-corrected chi connectivity index (χ1v) is 8.86. The Balaban J connectivity index is 1.66. The summed E-state index contributed by atoms with van der Waals surface area (Å²) in [5, 5.41) is 17.4. The molecule has 6 nitrogen and oxygen atoms in total. The predicted molar refractivity (Wildman–Crippen MR) is 95.4 cm³/mol. The molecule has 25 heavy (non-hydrogen) atoms. The number of anilines is 1. The van der Waals surface area contributed by atoms with Gasteiger partial charge in [-0.2, -0.15) is 0 Å². The fraction of sp³-hybridized carbons (Fsp3) is 0.474. The smallest absolute Gasteiger partial charge is 0.322 e. The highest BCUT2D eigenvalue weighted by molar-refractivity contribution is 5.90. The van der Waals surface area contributed by atoms with Gasteiger partial charge in [-0.25, -0.2) is 4.79 Å². The number of hydrogen-bond acceptors (Lipinski definition) is 4. The number of nitrogens with one attached hydrogen (secondary N) is 1. The quantitative estimate of drug-likeness (QED) is 0.868. The van der Waals surface area contributed by atoms with Crippen LogP contribution in [-0.4, -0.2) is 33.8 Å². The number of hydrogen-bond donors (Lipinski definition) is 2. The van der Waals surface area contributed by atoms with E-state index in [9.17, 15) is 9.90 Å². The zero-order chi connectivity index (χ0) is 17.8. The molecule has 134 valence electrons. The molecule has 1 aliphatic heterocycles. The molecule has 1 aliphatic rings. The van der Waals surface area contributed by atoms with Crippen molar-refractivity contribution in [2.75, 3.05) is 11.9 Å². The molecule has 1 aromatic carbocycles. The van der Waals surface area contributed by atoms with Gasteiger partial charge >= 0.3 is 6.03 Å². The van der Waals surface area contributed by atoms with E-state index in [2.05, 4.69) is 10.5 Å². The van der Waals surface area contributed by atoms with E-state index in [4.69, 9.17) is 4.52 Å². The Morgan fingerprint density at radius 1 is 1.44 bits per heavy atom. The molecule has 2 heterocycles. The van der Waals surface area contributed by atoms with Crippen molar-refractivity contribution in [2.24, 2.45) is 0 Å². The van der Waals surface area contributed by atoms with Crippen LogP contribution >= 0.6 is 0 Å². The lowest BCUT2D eigenvalue weighted by atomic mass is 10.0. The van der Waals surface area contributed by atoms with Crippen LogP contribution in [0.25, 0.3) is 0 Å². The number of likely N-dealkylation sites (tertiary alicyclic amines) is 1. The van der Waals surface area contributed by atoms with Gasteiger partial charge in [0.05, 0.1) is 6.10 Å². The highest BCUT2D eigenvalue weighted by atomic mass is 16.5. The summed E-state index contributed by atoms with van der Waals surface area (Å²) in [6.07, 6.45) is 2.52. The number of benzene rings is 1. The van der Waals surface area contributed by atoms with Crippen LogP contribution in [0.2, 0.25) is 0 Å². The van der Waals surface area contributed by atoms with Crippen molar-refractivity contribution >= 4 is 11.7 Å². The molecule has 0 bridgehead atoms. The van der Waals surface area contributed by atoms with Gasteiger partial charge in [-0.05, 0) is 38.2 Å². The second-order valence-corrected chi connectivity index (χ2v) is 6.50. The summed E-state index contributed by atoms with van der Waals surface area (Å²) in [5.41, 5.74) is 2.31. The average Bonchev–Trinajstić information content (AvgIpc) is 3.23. The minimum atomic E-state index is -0.567. The third kappa shape index (κ3) is 3.85. The maximum absolute atomic E-state index is 12.7. The van der Waals surface area contributed by atoms with Crippen molar-refractivity contribution in [1.29, 1.82) is 0 Å². The molecule has 0 radical (unpaired) electrons. The van der Waals surface area contributed by atoms with Crippen molar-refractivity contribution in [1.82, 2.24) is 10.1 Å². The van der Waals surface area contributed by atoms with Crippen molar-refractivity contribution in [2.45, 2.75) is 51.7 Å². The zero-order valence-corrected chi connectivity index (χ0v) is 14.7. The molecule has 1 aromatic heterocycles. The van der Waals surface area contributed by atoms with E-state index in [1.165, 1.54) is 0 Å². The van der Waals surface area contributed by atoms with Crippen LogP contribution in [-0.2, 0) is 6.42 Å². The summed E-state index contributed by atoms with van der Waals surface area (Å²) in [4.78, 5) is 14.5. The number of aliphatic hydroxyl groups is 1. The van der Waals surface area contributed by atoms with E-state index in [1.807, 2.05) is 42.2 Å². The average molecular weight is 343 g/mol. The van der Waals surface area contributed by atoms with Gasteiger partial charge in [0.25, 0.3) is 0 Å². The SMILES string of the molecule is CCc1noc(C)c1NC(=O)N1CCCC1CC(O)c1ccccc1. The van der Waals surface area contributed by atoms with E-state index < -0.39 is 6.10 Å². The Hall–Kier alpha value is -2.34. The summed E-state index contributed by atoms with van der Waals surface area (Å²) >= 11 is 0. The predicted octanol–water partition coefficient (Wildman–Crippen LogP) is 3.67. The Morgan fingerprint density at radius 3 is 2.92 bits per heavy atom. The molecule has 2 amide bonds. The number of rotatable bonds is 5. The summed E-state index contributed by atoms with van der Waals surface area (Å²) in [6.45, 7) is 4.47. The van der Waals surface area contributed by atoms with Crippen LogP contribution in [0.15, 0.2) is 34.9 Å². The second kappa shape index (κ2) is 7.70. The normalized spacial score (nSPS) is 18.4. The maximum atomic E-state index is 12.7. The van der Waals surface area contributed by atoms with Crippen molar-refractivity contribution in [3.8, 4) is 0 Å². The van der Waals surface area contributed by atoms with E-state index in [0.29, 0.717) is 30.8 Å². The van der Waals surface area contributed by atoms with E-state index >= 15 is 0 Å². The molecule has 0 aliphatic carbocycles. The van der Waals surface area contributed by atoms with Crippen LogP contribution in [0, 0.1) is 6.92 Å². The van der Waals surface area contributed by atoms with Gasteiger partial charge in [0.1, 0.15) is 11.4 Å². The highest BCUT2D eigenvalue weighted by Gasteiger charge is 2.31. The summed E-state index contributed by atoms with van der Waals surface area (Å²) in [5.74, 6) is 0.616. The molecule has 3 rings (SSSR count). The Kier molecular flexibility index (Phi) is 5.38. The van der Waals surface area contributed by atoms with Gasteiger partial charge in [0.15, 0.2) is 5.76 Å². The van der Waals surface area contributed by atoms with Gasteiger partial charge in [-0.15, -0.1) is 0 Å². The third-order valence-corrected chi connectivity index (χ3v) is 4.82. The van der Waals surface area contributed by atoms with E-state index in [1.54, 1.807) is 6.92 Å². The largest absolute Gasteiger partial charge is 0.388 e. The van der Waals surface area contributed by atoms with Gasteiger partial charge in [0, 0.05) is 12.6 Å². The standard InChI is InChI=1S/C19H25N3O3/c1-3-16-18(13(2)25-21-16)20-19(24)22-11-7-10-15(22)12-17(23)14-8-5-4-6-9-14/h4-6,8-9,15,17,23H,3,7,10-12H2,1-2H3,(H,20,24). The van der Waals surface area contributed by atoms with E-state index in [-0.39, 0.29) is 12.1 Å². The lowest BCUT2D eigenvalue weighted by molar-refractivity contribution is 0.129. The number of amides is 2.